The number of carbonyl (C=O) groups excluding carboxylic acids is 1. The Bertz CT molecular complexity index is 1410. The number of aromatic nitrogens is 4. The molecule has 5 heterocycles. The van der Waals surface area contributed by atoms with Gasteiger partial charge >= 0.3 is 0 Å². The molecule has 3 aliphatic rings. The average molecular weight is 532 g/mol. The van der Waals surface area contributed by atoms with Gasteiger partial charge in [-0.05, 0) is 37.5 Å². The van der Waals surface area contributed by atoms with E-state index in [2.05, 4.69) is 74.9 Å². The first-order valence-electron chi connectivity index (χ1n) is 13.8. The highest BCUT2D eigenvalue weighted by atomic mass is 16.3. The Hall–Kier alpha value is -3.70. The first kappa shape index (κ1) is 25.6. The predicted molar refractivity (Wildman–Crippen MR) is 151 cm³/mol. The highest BCUT2D eigenvalue weighted by Gasteiger charge is 2.30. The molecule has 3 aliphatic heterocycles. The number of piperazine rings is 1. The third-order valence-electron chi connectivity index (χ3n) is 8.25. The molecule has 11 heteroatoms. The number of anilines is 2. The van der Waals surface area contributed by atoms with Crippen molar-refractivity contribution in [1.82, 2.24) is 34.4 Å². The standard InChI is InChI=1S/C28H37N9O2/c1-5-37-27-24(29-28(37)36-16-15-32(2)23(39)18-36)26(35-13-9-21(38)10-14-35)30-25(31-27)20-8-6-7-19(17-20)22-11-12-33(3)34(22)4/h6-8,11-12,17,21-22,38H,5,9-10,13-16,18H2,1-4H3. The van der Waals surface area contributed by atoms with Crippen LogP contribution in [0.4, 0.5) is 11.8 Å². The fraction of sp³-hybridized carbons (Fsp3) is 0.500. The molecule has 2 saturated heterocycles. The quantitative estimate of drug-likeness (QED) is 0.531. The van der Waals surface area contributed by atoms with Gasteiger partial charge in [-0.25, -0.2) is 20.0 Å². The zero-order valence-corrected chi connectivity index (χ0v) is 23.2. The lowest BCUT2D eigenvalue weighted by Crippen LogP contribution is -2.49. The number of hydrogen-bond donors (Lipinski definition) is 1. The van der Waals surface area contributed by atoms with Crippen LogP contribution >= 0.6 is 0 Å². The van der Waals surface area contributed by atoms with Gasteiger partial charge in [-0.2, -0.15) is 0 Å². The molecule has 3 aromatic rings. The van der Waals surface area contributed by atoms with E-state index in [0.29, 0.717) is 51.4 Å². The van der Waals surface area contributed by atoms with Crippen molar-refractivity contribution in [2.45, 2.75) is 38.5 Å². The van der Waals surface area contributed by atoms with Gasteiger partial charge in [-0.15, -0.1) is 0 Å². The number of hydrazine groups is 1. The number of piperidine rings is 1. The second kappa shape index (κ2) is 10.1. The summed E-state index contributed by atoms with van der Waals surface area (Å²) in [5.74, 6) is 2.28. The molecule has 6 rings (SSSR count). The molecule has 0 spiro atoms. The van der Waals surface area contributed by atoms with E-state index < -0.39 is 0 Å². The van der Waals surface area contributed by atoms with Gasteiger partial charge < -0.3 is 24.8 Å². The van der Waals surface area contributed by atoms with Crippen molar-refractivity contribution in [3.05, 3.63) is 42.1 Å². The first-order chi connectivity index (χ1) is 18.8. The maximum absolute atomic E-state index is 12.5. The van der Waals surface area contributed by atoms with Crippen molar-refractivity contribution >= 4 is 28.8 Å². The summed E-state index contributed by atoms with van der Waals surface area (Å²) < 4.78 is 2.10. The Kier molecular flexibility index (Phi) is 6.64. The maximum Gasteiger partial charge on any atom is 0.242 e. The van der Waals surface area contributed by atoms with Crippen LogP contribution in [0.25, 0.3) is 22.6 Å². The van der Waals surface area contributed by atoms with E-state index in [1.165, 1.54) is 5.56 Å². The average Bonchev–Trinajstić information content (AvgIpc) is 3.49. The number of carbonyl (C=O) groups is 1. The Morgan fingerprint density at radius 2 is 1.79 bits per heavy atom. The number of benzene rings is 1. The van der Waals surface area contributed by atoms with Gasteiger partial charge in [0.25, 0.3) is 0 Å². The summed E-state index contributed by atoms with van der Waals surface area (Å²) in [6, 6.07) is 8.57. The number of fused-ring (bicyclic) bond motifs is 1. The number of rotatable bonds is 5. The molecule has 0 bridgehead atoms. The number of aryl methyl sites for hydroxylation is 1. The van der Waals surface area contributed by atoms with Gasteiger partial charge in [0.05, 0.1) is 18.7 Å². The van der Waals surface area contributed by atoms with Crippen molar-refractivity contribution in [2.24, 2.45) is 0 Å². The third kappa shape index (κ3) is 4.59. The van der Waals surface area contributed by atoms with Crippen LogP contribution in [-0.2, 0) is 11.3 Å². The van der Waals surface area contributed by atoms with Crippen LogP contribution < -0.4 is 9.80 Å². The number of nitrogens with zero attached hydrogens (tertiary/aromatic N) is 9. The van der Waals surface area contributed by atoms with Crippen molar-refractivity contribution < 1.29 is 9.90 Å². The smallest absolute Gasteiger partial charge is 0.242 e. The monoisotopic (exact) mass is 531 g/mol. The van der Waals surface area contributed by atoms with Crippen molar-refractivity contribution in [1.29, 1.82) is 0 Å². The first-order valence-corrected chi connectivity index (χ1v) is 13.8. The number of aliphatic hydroxyl groups excluding tert-OH is 1. The van der Waals surface area contributed by atoms with E-state index >= 15 is 0 Å². The summed E-state index contributed by atoms with van der Waals surface area (Å²) in [4.78, 5) is 33.8. The van der Waals surface area contributed by atoms with E-state index in [0.717, 1.165) is 35.0 Å². The van der Waals surface area contributed by atoms with Crippen LogP contribution in [0.15, 0.2) is 36.5 Å². The number of hydrogen-bond acceptors (Lipinski definition) is 9. The molecule has 1 amide bonds. The van der Waals surface area contributed by atoms with Gasteiger partial charge in [-0.1, -0.05) is 18.2 Å². The second-order valence-electron chi connectivity index (χ2n) is 10.7. The predicted octanol–water partition coefficient (Wildman–Crippen LogP) is 2.10. The minimum absolute atomic E-state index is 0.0846. The van der Waals surface area contributed by atoms with E-state index in [1.807, 2.05) is 14.1 Å². The molecule has 1 aromatic carbocycles. The van der Waals surface area contributed by atoms with Crippen LogP contribution in [0.2, 0.25) is 0 Å². The van der Waals surface area contributed by atoms with E-state index in [9.17, 15) is 9.90 Å². The number of imidazole rings is 1. The zero-order chi connectivity index (χ0) is 27.3. The van der Waals surface area contributed by atoms with E-state index in [-0.39, 0.29) is 18.1 Å². The SMILES string of the molecule is CCn1c(N2CCN(C)C(=O)C2)nc2c(N3CCC(O)CC3)nc(-c3cccc(C4C=CN(C)N4C)c3)nc21. The molecular formula is C28H37N9O2. The van der Waals surface area contributed by atoms with Crippen LogP contribution in [-0.4, -0.2) is 105 Å². The van der Waals surface area contributed by atoms with Crippen LogP contribution in [0.5, 0.6) is 0 Å². The summed E-state index contributed by atoms with van der Waals surface area (Å²) in [6.07, 6.45) is 5.36. The summed E-state index contributed by atoms with van der Waals surface area (Å²) in [5, 5.41) is 14.4. The Balaban J connectivity index is 1.47. The van der Waals surface area contributed by atoms with Gasteiger partial charge in [0.1, 0.15) is 0 Å². The highest BCUT2D eigenvalue weighted by Crippen LogP contribution is 2.34. The lowest BCUT2D eigenvalue weighted by Gasteiger charge is -2.32. The third-order valence-corrected chi connectivity index (χ3v) is 8.25. The van der Waals surface area contributed by atoms with Gasteiger partial charge in [-0.3, -0.25) is 9.36 Å². The molecule has 39 heavy (non-hydrogen) atoms. The molecule has 1 N–H and O–H groups in total. The summed E-state index contributed by atoms with van der Waals surface area (Å²) in [6.45, 7) is 5.84. The highest BCUT2D eigenvalue weighted by molar-refractivity contribution is 5.89. The van der Waals surface area contributed by atoms with Gasteiger partial charge in [0.2, 0.25) is 11.9 Å². The summed E-state index contributed by atoms with van der Waals surface area (Å²) >= 11 is 0. The molecule has 1 atom stereocenters. The van der Waals surface area contributed by atoms with E-state index in [4.69, 9.17) is 15.0 Å². The normalized spacial score (nSPS) is 21.2. The Morgan fingerprint density at radius 1 is 1.00 bits per heavy atom. The molecule has 0 aliphatic carbocycles. The lowest BCUT2D eigenvalue weighted by molar-refractivity contribution is -0.129. The lowest BCUT2D eigenvalue weighted by atomic mass is 10.0. The maximum atomic E-state index is 12.5. The second-order valence-corrected chi connectivity index (χ2v) is 10.7. The minimum Gasteiger partial charge on any atom is -0.393 e. The molecule has 2 aromatic heterocycles. The minimum atomic E-state index is -0.288. The summed E-state index contributed by atoms with van der Waals surface area (Å²) in [7, 11) is 5.96. The fourth-order valence-electron chi connectivity index (χ4n) is 5.68. The van der Waals surface area contributed by atoms with Crippen LogP contribution in [0.1, 0.15) is 31.4 Å². The summed E-state index contributed by atoms with van der Waals surface area (Å²) in [5.41, 5.74) is 3.63. The van der Waals surface area contributed by atoms with Crippen LogP contribution in [0, 0.1) is 0 Å². The van der Waals surface area contributed by atoms with Gasteiger partial charge in [0.15, 0.2) is 22.8 Å². The van der Waals surface area contributed by atoms with E-state index in [1.54, 1.807) is 4.90 Å². The Morgan fingerprint density at radius 3 is 2.49 bits per heavy atom. The number of amides is 1. The molecule has 206 valence electrons. The van der Waals surface area contributed by atoms with Crippen molar-refractivity contribution in [3.8, 4) is 11.4 Å². The molecule has 1 unspecified atom stereocenters. The largest absolute Gasteiger partial charge is 0.393 e. The fourth-order valence-corrected chi connectivity index (χ4v) is 5.68. The molecule has 11 nitrogen and oxygen atoms in total. The number of likely N-dealkylation sites (N-methyl/N-ethyl adjacent to an activating group) is 2. The molecular weight excluding hydrogens is 494 g/mol. The van der Waals surface area contributed by atoms with Crippen LogP contribution in [0.3, 0.4) is 0 Å². The van der Waals surface area contributed by atoms with Crippen molar-refractivity contribution in [2.75, 3.05) is 63.7 Å². The zero-order valence-electron chi connectivity index (χ0n) is 23.2. The molecule has 0 radical (unpaired) electrons. The van der Waals surface area contributed by atoms with Gasteiger partial charge in [0, 0.05) is 65.6 Å². The van der Waals surface area contributed by atoms with Crippen molar-refractivity contribution in [3.63, 3.8) is 0 Å². The molecule has 2 fully saturated rings. The molecule has 0 saturated carbocycles. The Labute approximate surface area is 228 Å². The topological polar surface area (TPSA) is 97.1 Å². The number of aliphatic hydroxyl groups is 1.